The van der Waals surface area contributed by atoms with Crippen LogP contribution in [0.4, 0.5) is 0 Å². The van der Waals surface area contributed by atoms with Crippen LogP contribution in [0.25, 0.3) is 0 Å². The predicted octanol–water partition coefficient (Wildman–Crippen LogP) is 3.00. The Bertz CT molecular complexity index is 470. The molecule has 6 heteroatoms. The van der Waals surface area contributed by atoms with Crippen LogP contribution in [-0.4, -0.2) is 15.4 Å². The molecule has 0 radical (unpaired) electrons. The molecule has 1 N–H and O–H groups in total. The Kier molecular flexibility index (Phi) is 3.36. The molecule has 0 bridgehead atoms. The number of carbonyl (C=O) groups is 1. The van der Waals surface area contributed by atoms with Crippen molar-refractivity contribution < 1.29 is 9.32 Å². The van der Waals surface area contributed by atoms with Gasteiger partial charge in [-0.15, -0.1) is 23.2 Å². The van der Waals surface area contributed by atoms with Gasteiger partial charge in [0.15, 0.2) is 5.76 Å². The van der Waals surface area contributed by atoms with Gasteiger partial charge in [0.2, 0.25) is 5.91 Å². The van der Waals surface area contributed by atoms with Crippen LogP contribution in [-0.2, 0) is 11.3 Å². The number of halogens is 2. The van der Waals surface area contributed by atoms with Gasteiger partial charge in [-0.1, -0.05) is 19.0 Å². The van der Waals surface area contributed by atoms with Crippen molar-refractivity contribution in [3.63, 3.8) is 0 Å². The first kappa shape index (κ1) is 13.7. The van der Waals surface area contributed by atoms with Crippen molar-refractivity contribution in [1.29, 1.82) is 0 Å². The van der Waals surface area contributed by atoms with E-state index in [1.54, 1.807) is 6.92 Å². The average molecular weight is 291 g/mol. The standard InChI is InChI=1S/C12H16Cl2N2O2/c1-7(2)9-4-8(18-16-9)5-15-10(17)11(3)6-12(11,13)14/h4,7H,5-6H2,1-3H3,(H,15,17). The van der Waals surface area contributed by atoms with E-state index in [9.17, 15) is 4.79 Å². The van der Waals surface area contributed by atoms with Crippen LogP contribution in [0.5, 0.6) is 0 Å². The molecule has 1 aromatic rings. The Labute approximate surface area is 116 Å². The summed E-state index contributed by atoms with van der Waals surface area (Å²) in [4.78, 5) is 11.9. The summed E-state index contributed by atoms with van der Waals surface area (Å²) in [5.41, 5.74) is 0.178. The van der Waals surface area contributed by atoms with Crippen molar-refractivity contribution in [2.75, 3.05) is 0 Å². The van der Waals surface area contributed by atoms with Gasteiger partial charge in [0.05, 0.1) is 17.7 Å². The first-order valence-electron chi connectivity index (χ1n) is 5.88. The van der Waals surface area contributed by atoms with Crippen LogP contribution in [0, 0.1) is 5.41 Å². The highest BCUT2D eigenvalue weighted by atomic mass is 35.5. The highest BCUT2D eigenvalue weighted by Gasteiger charge is 2.67. The van der Waals surface area contributed by atoms with Crippen molar-refractivity contribution >= 4 is 29.1 Å². The zero-order valence-electron chi connectivity index (χ0n) is 10.6. The Hall–Kier alpha value is -0.740. The lowest BCUT2D eigenvalue weighted by molar-refractivity contribution is -0.126. The van der Waals surface area contributed by atoms with Gasteiger partial charge in [-0.05, 0) is 19.3 Å². The highest BCUT2D eigenvalue weighted by molar-refractivity contribution is 6.53. The number of hydrogen-bond acceptors (Lipinski definition) is 3. The third-order valence-corrected chi connectivity index (χ3v) is 4.45. The van der Waals surface area contributed by atoms with Gasteiger partial charge in [0, 0.05) is 6.07 Å². The maximum Gasteiger partial charge on any atom is 0.229 e. The number of amides is 1. The summed E-state index contributed by atoms with van der Waals surface area (Å²) in [6.45, 7) is 6.11. The molecule has 1 heterocycles. The van der Waals surface area contributed by atoms with E-state index in [0.717, 1.165) is 5.69 Å². The maximum absolute atomic E-state index is 11.9. The van der Waals surface area contributed by atoms with E-state index in [-0.39, 0.29) is 5.91 Å². The molecule has 0 saturated heterocycles. The van der Waals surface area contributed by atoms with Gasteiger partial charge in [0.1, 0.15) is 4.33 Å². The lowest BCUT2D eigenvalue weighted by Gasteiger charge is -2.11. The van der Waals surface area contributed by atoms with Gasteiger partial charge in [-0.3, -0.25) is 4.79 Å². The highest BCUT2D eigenvalue weighted by Crippen LogP contribution is 2.63. The van der Waals surface area contributed by atoms with Gasteiger partial charge in [0.25, 0.3) is 0 Å². The molecule has 1 aliphatic rings. The summed E-state index contributed by atoms with van der Waals surface area (Å²) in [7, 11) is 0. The lowest BCUT2D eigenvalue weighted by atomic mass is 10.1. The fourth-order valence-electron chi connectivity index (χ4n) is 1.69. The average Bonchev–Trinajstić information content (AvgIpc) is 2.68. The topological polar surface area (TPSA) is 55.1 Å². The summed E-state index contributed by atoms with van der Waals surface area (Å²) in [6, 6.07) is 1.84. The molecule has 0 spiro atoms. The normalized spacial score (nSPS) is 25.2. The van der Waals surface area contributed by atoms with E-state index in [1.165, 1.54) is 0 Å². The van der Waals surface area contributed by atoms with Gasteiger partial charge >= 0.3 is 0 Å². The minimum absolute atomic E-state index is 0.157. The molecule has 1 aromatic heterocycles. The number of rotatable bonds is 4. The van der Waals surface area contributed by atoms with Crippen LogP contribution in [0.3, 0.4) is 0 Å². The van der Waals surface area contributed by atoms with Crippen LogP contribution >= 0.6 is 23.2 Å². The number of aromatic nitrogens is 1. The number of nitrogens with one attached hydrogen (secondary N) is 1. The molecule has 0 aliphatic heterocycles. The molecular weight excluding hydrogens is 275 g/mol. The largest absolute Gasteiger partial charge is 0.359 e. The minimum Gasteiger partial charge on any atom is -0.359 e. The monoisotopic (exact) mass is 290 g/mol. The first-order chi connectivity index (χ1) is 8.26. The summed E-state index contributed by atoms with van der Waals surface area (Å²) < 4.78 is 4.19. The molecule has 100 valence electrons. The fraction of sp³-hybridized carbons (Fsp3) is 0.667. The van der Waals surface area contributed by atoms with E-state index < -0.39 is 9.75 Å². The van der Waals surface area contributed by atoms with E-state index in [0.29, 0.717) is 24.6 Å². The molecule has 1 saturated carbocycles. The van der Waals surface area contributed by atoms with E-state index >= 15 is 0 Å². The molecule has 1 fully saturated rings. The number of alkyl halides is 2. The third kappa shape index (κ3) is 2.36. The smallest absolute Gasteiger partial charge is 0.229 e. The molecule has 0 aromatic carbocycles. The summed E-state index contributed by atoms with van der Waals surface area (Å²) in [5, 5.41) is 6.69. The molecule has 18 heavy (non-hydrogen) atoms. The number of nitrogens with zero attached hydrogens (tertiary/aromatic N) is 1. The first-order valence-corrected chi connectivity index (χ1v) is 6.63. The van der Waals surface area contributed by atoms with E-state index in [2.05, 4.69) is 10.5 Å². The van der Waals surface area contributed by atoms with Gasteiger partial charge in [-0.25, -0.2) is 0 Å². The lowest BCUT2D eigenvalue weighted by Crippen LogP contribution is -2.32. The zero-order chi connectivity index (χ0) is 13.6. The van der Waals surface area contributed by atoms with Crippen molar-refractivity contribution in [3.8, 4) is 0 Å². The van der Waals surface area contributed by atoms with Gasteiger partial charge in [-0.2, -0.15) is 0 Å². The summed E-state index contributed by atoms with van der Waals surface area (Å²) >= 11 is 11.9. The molecule has 4 nitrogen and oxygen atoms in total. The number of hydrogen-bond donors (Lipinski definition) is 1. The Morgan fingerprint density at radius 1 is 1.61 bits per heavy atom. The molecule has 2 rings (SSSR count). The molecule has 1 aliphatic carbocycles. The van der Waals surface area contributed by atoms with Crippen LogP contribution in [0.2, 0.25) is 0 Å². The zero-order valence-corrected chi connectivity index (χ0v) is 12.1. The summed E-state index contributed by atoms with van der Waals surface area (Å²) in [5.74, 6) is 0.776. The Morgan fingerprint density at radius 2 is 2.22 bits per heavy atom. The van der Waals surface area contributed by atoms with Crippen LogP contribution < -0.4 is 5.32 Å². The summed E-state index contributed by atoms with van der Waals surface area (Å²) in [6.07, 6.45) is 0.475. The molecule has 1 atom stereocenters. The van der Waals surface area contributed by atoms with Gasteiger partial charge < -0.3 is 9.84 Å². The minimum atomic E-state index is -0.943. The fourth-order valence-corrected chi connectivity index (χ4v) is 2.40. The Balaban J connectivity index is 1.90. The van der Waals surface area contributed by atoms with E-state index in [1.807, 2.05) is 19.9 Å². The van der Waals surface area contributed by atoms with Crippen molar-refractivity contribution in [1.82, 2.24) is 10.5 Å². The third-order valence-electron chi connectivity index (χ3n) is 3.35. The number of carbonyl (C=O) groups excluding carboxylic acids is 1. The SMILES string of the molecule is CC(C)c1cc(CNC(=O)C2(C)CC2(Cl)Cl)on1. The quantitative estimate of drug-likeness (QED) is 0.868. The Morgan fingerprint density at radius 3 is 2.67 bits per heavy atom. The predicted molar refractivity (Wildman–Crippen MR) is 69.6 cm³/mol. The second-order valence-electron chi connectivity index (χ2n) is 5.27. The molecular formula is C12H16Cl2N2O2. The second-order valence-corrected chi connectivity index (χ2v) is 6.75. The molecule has 1 unspecified atom stereocenters. The van der Waals surface area contributed by atoms with E-state index in [4.69, 9.17) is 27.7 Å². The van der Waals surface area contributed by atoms with Crippen molar-refractivity contribution in [3.05, 3.63) is 17.5 Å². The second kappa shape index (κ2) is 4.42. The maximum atomic E-state index is 11.9. The van der Waals surface area contributed by atoms with Crippen molar-refractivity contribution in [2.24, 2.45) is 5.41 Å². The van der Waals surface area contributed by atoms with Crippen LogP contribution in [0.1, 0.15) is 44.6 Å². The van der Waals surface area contributed by atoms with Crippen LogP contribution in [0.15, 0.2) is 10.6 Å². The van der Waals surface area contributed by atoms with Crippen molar-refractivity contribution in [2.45, 2.75) is 44.0 Å². The molecule has 1 amide bonds.